The molecular formula is C21H31N2O2+. The molecule has 2 bridgehead atoms. The molecule has 1 unspecified atom stereocenters. The van der Waals surface area contributed by atoms with Crippen molar-refractivity contribution in [3.63, 3.8) is 0 Å². The number of nitrogens with zero attached hydrogens (tertiary/aromatic N) is 1. The zero-order valence-electron chi connectivity index (χ0n) is 15.7. The van der Waals surface area contributed by atoms with Crippen molar-refractivity contribution in [2.24, 2.45) is 10.8 Å². The van der Waals surface area contributed by atoms with Crippen molar-refractivity contribution in [1.82, 2.24) is 0 Å². The molecule has 1 aromatic rings. The number of ether oxygens (including phenoxy) is 1. The summed E-state index contributed by atoms with van der Waals surface area (Å²) >= 11 is 0. The van der Waals surface area contributed by atoms with Gasteiger partial charge in [0, 0.05) is 18.3 Å². The van der Waals surface area contributed by atoms with Crippen LogP contribution < -0.4 is 9.64 Å². The number of nitriles is 1. The summed E-state index contributed by atoms with van der Waals surface area (Å²) < 4.78 is 5.74. The number of likely N-dealkylation sites (tertiary alicyclic amines) is 1. The lowest BCUT2D eigenvalue weighted by atomic mass is 9.65. The molecule has 4 heteroatoms. The third-order valence-electron chi connectivity index (χ3n) is 5.82. The second kappa shape index (κ2) is 6.97. The number of hydrogen-bond donors (Lipinski definition) is 2. The van der Waals surface area contributed by atoms with Gasteiger partial charge in [-0.25, -0.2) is 0 Å². The van der Waals surface area contributed by atoms with Gasteiger partial charge in [0.05, 0.1) is 25.1 Å². The molecule has 1 heterocycles. The second-order valence-electron chi connectivity index (χ2n) is 9.24. The minimum atomic E-state index is -0.445. The molecule has 1 aliphatic heterocycles. The molecule has 0 aromatic heterocycles. The molecule has 4 nitrogen and oxygen atoms in total. The molecule has 0 spiro atoms. The number of benzene rings is 1. The summed E-state index contributed by atoms with van der Waals surface area (Å²) in [6, 6.07) is 10.4. The maximum absolute atomic E-state index is 10.5. The first-order chi connectivity index (χ1) is 11.8. The maximum atomic E-state index is 10.5. The molecule has 2 fully saturated rings. The van der Waals surface area contributed by atoms with Crippen molar-refractivity contribution < 1.29 is 14.7 Å². The van der Waals surface area contributed by atoms with Gasteiger partial charge < -0.3 is 14.7 Å². The first kappa shape index (κ1) is 18.2. The van der Waals surface area contributed by atoms with E-state index in [2.05, 4.69) is 26.8 Å². The highest BCUT2D eigenvalue weighted by Gasteiger charge is 2.52. The van der Waals surface area contributed by atoms with Crippen LogP contribution in [0.1, 0.15) is 45.6 Å². The van der Waals surface area contributed by atoms with E-state index in [1.807, 2.05) is 24.3 Å². The Morgan fingerprint density at radius 1 is 1.28 bits per heavy atom. The average Bonchev–Trinajstić information content (AvgIpc) is 2.75. The summed E-state index contributed by atoms with van der Waals surface area (Å²) in [5.41, 5.74) is 1.84. The summed E-state index contributed by atoms with van der Waals surface area (Å²) in [4.78, 5) is 1.55. The number of aliphatic hydroxyl groups is 1. The summed E-state index contributed by atoms with van der Waals surface area (Å²) in [6.45, 7) is 9.45. The molecule has 2 aliphatic rings. The number of fused-ring (bicyclic) bond motifs is 2. The van der Waals surface area contributed by atoms with Crippen LogP contribution in [0.4, 0.5) is 0 Å². The topological polar surface area (TPSA) is 57.7 Å². The van der Waals surface area contributed by atoms with Crippen molar-refractivity contribution in [3.05, 3.63) is 29.8 Å². The van der Waals surface area contributed by atoms with Gasteiger partial charge >= 0.3 is 0 Å². The van der Waals surface area contributed by atoms with Crippen molar-refractivity contribution >= 4 is 0 Å². The molecule has 1 aromatic carbocycles. The van der Waals surface area contributed by atoms with Gasteiger partial charge in [-0.15, -0.1) is 0 Å². The highest BCUT2D eigenvalue weighted by atomic mass is 16.5. The van der Waals surface area contributed by atoms with Crippen molar-refractivity contribution in [1.29, 1.82) is 5.26 Å². The highest BCUT2D eigenvalue weighted by Crippen LogP contribution is 2.47. The van der Waals surface area contributed by atoms with Crippen LogP contribution in [-0.2, 0) is 6.42 Å². The van der Waals surface area contributed by atoms with Gasteiger partial charge in [-0.05, 0) is 29.5 Å². The third-order valence-corrected chi connectivity index (χ3v) is 5.82. The molecule has 1 aliphatic carbocycles. The normalized spacial score (nSPS) is 31.3. The predicted molar refractivity (Wildman–Crippen MR) is 97.5 cm³/mol. The molecule has 1 saturated carbocycles. The Morgan fingerprint density at radius 3 is 2.68 bits per heavy atom. The fourth-order valence-corrected chi connectivity index (χ4v) is 5.34. The number of rotatable bonds is 6. The quantitative estimate of drug-likeness (QED) is 0.830. The second-order valence-corrected chi connectivity index (χ2v) is 9.24. The zero-order valence-corrected chi connectivity index (χ0v) is 15.7. The van der Waals surface area contributed by atoms with E-state index in [1.165, 1.54) is 25.8 Å². The Bertz CT molecular complexity index is 634. The lowest BCUT2D eigenvalue weighted by Crippen LogP contribution is -3.15. The smallest absolute Gasteiger partial charge is 0.137 e. The Kier molecular flexibility index (Phi) is 5.09. The number of hydrogen-bond acceptors (Lipinski definition) is 3. The fourth-order valence-electron chi connectivity index (χ4n) is 5.34. The molecular weight excluding hydrogens is 312 g/mol. The van der Waals surface area contributed by atoms with E-state index in [-0.39, 0.29) is 0 Å². The molecule has 2 N–H and O–H groups in total. The number of nitrogens with one attached hydrogen (secondary N) is 1. The molecule has 0 amide bonds. The van der Waals surface area contributed by atoms with Crippen molar-refractivity contribution in [2.45, 2.75) is 58.6 Å². The monoisotopic (exact) mass is 343 g/mol. The van der Waals surface area contributed by atoms with Crippen LogP contribution >= 0.6 is 0 Å². The van der Waals surface area contributed by atoms with Gasteiger partial charge in [0.2, 0.25) is 0 Å². The first-order valence-corrected chi connectivity index (χ1v) is 9.40. The first-order valence-electron chi connectivity index (χ1n) is 9.40. The van der Waals surface area contributed by atoms with E-state index < -0.39 is 6.10 Å². The van der Waals surface area contributed by atoms with Crippen molar-refractivity contribution in [3.8, 4) is 11.8 Å². The van der Waals surface area contributed by atoms with Gasteiger partial charge in [0.1, 0.15) is 25.0 Å². The predicted octanol–water partition coefficient (Wildman–Crippen LogP) is 1.98. The van der Waals surface area contributed by atoms with Gasteiger partial charge in [-0.1, -0.05) is 32.9 Å². The van der Waals surface area contributed by atoms with Gasteiger partial charge in [-0.2, -0.15) is 5.26 Å². The van der Waals surface area contributed by atoms with Crippen LogP contribution in [0.2, 0.25) is 0 Å². The lowest BCUT2D eigenvalue weighted by Gasteiger charge is -2.37. The minimum absolute atomic E-state index is 0.327. The van der Waals surface area contributed by atoms with Crippen LogP contribution in [0.15, 0.2) is 24.3 Å². The summed E-state index contributed by atoms with van der Waals surface area (Å²) in [5.74, 6) is 0.754. The Balaban J connectivity index is 1.50. The van der Waals surface area contributed by atoms with Gasteiger partial charge in [0.15, 0.2) is 0 Å². The molecule has 136 valence electrons. The molecule has 4 atom stereocenters. The van der Waals surface area contributed by atoms with E-state index in [4.69, 9.17) is 10.00 Å². The standard InChI is InChI=1S/C21H30N2O2/c1-20(2)10-17-11-21(3,14-20)15-23(17)12-18(24)13-25-19-6-4-16(5-7-19)8-9-22/h4-7,17-18,24H,8,10-15H2,1-3H3/p+1/t17-,18-,21-/m0/s1. The van der Waals surface area contributed by atoms with Crippen LogP contribution in [0.5, 0.6) is 5.75 Å². The lowest BCUT2D eigenvalue weighted by molar-refractivity contribution is -0.917. The summed E-state index contributed by atoms with van der Waals surface area (Å²) in [6.07, 6.45) is 3.81. The SMILES string of the molecule is CC1(C)C[C@H]2C[C@](C)(C[NH+]2C[C@H](O)COc2ccc(CC#N)cc2)C1. The van der Waals surface area contributed by atoms with Crippen LogP contribution in [0, 0.1) is 22.2 Å². The van der Waals surface area contributed by atoms with Gasteiger partial charge in [0.25, 0.3) is 0 Å². The van der Waals surface area contributed by atoms with Crippen LogP contribution in [0.3, 0.4) is 0 Å². The molecule has 25 heavy (non-hydrogen) atoms. The number of aliphatic hydroxyl groups excluding tert-OH is 1. The average molecular weight is 343 g/mol. The van der Waals surface area contributed by atoms with E-state index in [0.717, 1.165) is 17.9 Å². The largest absolute Gasteiger partial charge is 0.491 e. The molecule has 3 rings (SSSR count). The Labute approximate surface area is 151 Å². The number of quaternary nitrogens is 1. The van der Waals surface area contributed by atoms with E-state index in [1.54, 1.807) is 4.90 Å². The van der Waals surface area contributed by atoms with Crippen LogP contribution in [0.25, 0.3) is 0 Å². The van der Waals surface area contributed by atoms with E-state index >= 15 is 0 Å². The minimum Gasteiger partial charge on any atom is -0.491 e. The summed E-state index contributed by atoms with van der Waals surface area (Å²) in [5, 5.41) is 19.2. The zero-order chi connectivity index (χ0) is 18.1. The van der Waals surface area contributed by atoms with Crippen LogP contribution in [-0.4, -0.2) is 36.9 Å². The molecule has 1 saturated heterocycles. The summed E-state index contributed by atoms with van der Waals surface area (Å²) in [7, 11) is 0. The fraction of sp³-hybridized carbons (Fsp3) is 0.667. The Hall–Kier alpha value is -1.57. The van der Waals surface area contributed by atoms with E-state index in [9.17, 15) is 5.11 Å². The third kappa shape index (κ3) is 4.54. The highest BCUT2D eigenvalue weighted by molar-refractivity contribution is 5.28. The van der Waals surface area contributed by atoms with E-state index in [0.29, 0.717) is 29.9 Å². The maximum Gasteiger partial charge on any atom is 0.137 e. The Morgan fingerprint density at radius 2 is 2.00 bits per heavy atom. The van der Waals surface area contributed by atoms with Crippen molar-refractivity contribution in [2.75, 3.05) is 19.7 Å². The molecule has 0 radical (unpaired) electrons. The van der Waals surface area contributed by atoms with Gasteiger partial charge in [-0.3, -0.25) is 0 Å².